The first-order valence-corrected chi connectivity index (χ1v) is 8.90. The van der Waals surface area contributed by atoms with Crippen molar-refractivity contribution in [3.8, 4) is 10.9 Å². The molecule has 0 amide bonds. The van der Waals surface area contributed by atoms with Crippen LogP contribution in [0.5, 0.6) is 10.9 Å². The molecule has 6 heteroatoms. The van der Waals surface area contributed by atoms with Gasteiger partial charge in [-0.15, -0.1) is 0 Å². The van der Waals surface area contributed by atoms with Crippen LogP contribution in [0.1, 0.15) is 40.4 Å². The topological polar surface area (TPSA) is 72.3 Å². The summed E-state index contributed by atoms with van der Waals surface area (Å²) < 4.78 is 10.2. The van der Waals surface area contributed by atoms with Crippen LogP contribution in [0.4, 0.5) is 0 Å². The van der Waals surface area contributed by atoms with Gasteiger partial charge in [0.05, 0.1) is 10.8 Å². The standard InChI is InChI=1S/C19H22N2O3S/c1-12(2)11-19(17(3,4)18(19,5)15(22)23)14-20-16(25-21-14)24-13-9-7-6-8-10-13/h6-11H,1-5H3,(H,22,23)/t18-,19-/m1/s1. The van der Waals surface area contributed by atoms with Crippen LogP contribution in [0.2, 0.25) is 0 Å². The molecular weight excluding hydrogens is 336 g/mol. The van der Waals surface area contributed by atoms with Crippen LogP contribution < -0.4 is 4.74 Å². The summed E-state index contributed by atoms with van der Waals surface area (Å²) in [4.78, 5) is 16.6. The Morgan fingerprint density at radius 1 is 1.20 bits per heavy atom. The molecule has 0 radical (unpaired) electrons. The number of allylic oxidation sites excluding steroid dienone is 2. The highest BCUT2D eigenvalue weighted by molar-refractivity contribution is 7.07. The van der Waals surface area contributed by atoms with Crippen molar-refractivity contribution < 1.29 is 14.6 Å². The van der Waals surface area contributed by atoms with E-state index in [2.05, 4.69) is 9.36 Å². The number of para-hydroxylation sites is 1. The summed E-state index contributed by atoms with van der Waals surface area (Å²) in [5.41, 5.74) is -1.19. The molecule has 0 spiro atoms. The minimum Gasteiger partial charge on any atom is -0.481 e. The maximum atomic E-state index is 12.1. The van der Waals surface area contributed by atoms with E-state index in [1.165, 1.54) is 0 Å². The zero-order chi connectivity index (χ0) is 18.5. The monoisotopic (exact) mass is 358 g/mol. The lowest BCUT2D eigenvalue weighted by molar-refractivity contribution is -0.144. The number of nitrogens with zero attached hydrogens (tertiary/aromatic N) is 2. The normalized spacial score (nSPS) is 26.8. The fraction of sp³-hybridized carbons (Fsp3) is 0.421. The molecule has 1 N–H and O–H groups in total. The average Bonchev–Trinajstić information content (AvgIpc) is 2.85. The molecule has 132 valence electrons. The van der Waals surface area contributed by atoms with Crippen LogP contribution >= 0.6 is 11.5 Å². The summed E-state index contributed by atoms with van der Waals surface area (Å²) in [7, 11) is 0. The maximum absolute atomic E-state index is 12.1. The van der Waals surface area contributed by atoms with E-state index in [-0.39, 0.29) is 0 Å². The van der Waals surface area contributed by atoms with Gasteiger partial charge in [0.25, 0.3) is 5.19 Å². The van der Waals surface area contributed by atoms with Crippen LogP contribution in [0, 0.1) is 10.8 Å². The zero-order valence-corrected chi connectivity index (χ0v) is 15.8. The van der Waals surface area contributed by atoms with E-state index < -0.39 is 22.2 Å². The number of rotatable bonds is 5. The number of ether oxygens (including phenoxy) is 1. The fourth-order valence-corrected chi connectivity index (χ4v) is 4.50. The molecule has 1 saturated carbocycles. The molecular formula is C19H22N2O3S. The van der Waals surface area contributed by atoms with Crippen molar-refractivity contribution in [1.82, 2.24) is 9.36 Å². The van der Waals surface area contributed by atoms with E-state index in [1.807, 2.05) is 64.1 Å². The number of carboxylic acid groups (broad SMARTS) is 1. The Balaban J connectivity index is 2.03. The van der Waals surface area contributed by atoms with Crippen LogP contribution in [0.3, 0.4) is 0 Å². The zero-order valence-electron chi connectivity index (χ0n) is 15.0. The van der Waals surface area contributed by atoms with Crippen LogP contribution in [-0.4, -0.2) is 20.4 Å². The molecule has 3 rings (SSSR count). The third-order valence-electron chi connectivity index (χ3n) is 5.60. The molecule has 25 heavy (non-hydrogen) atoms. The quantitative estimate of drug-likeness (QED) is 0.787. The third kappa shape index (κ3) is 2.31. The van der Waals surface area contributed by atoms with Gasteiger partial charge in [0.15, 0.2) is 5.82 Å². The van der Waals surface area contributed by atoms with Gasteiger partial charge >= 0.3 is 5.97 Å². The Morgan fingerprint density at radius 2 is 1.84 bits per heavy atom. The maximum Gasteiger partial charge on any atom is 0.311 e. The Morgan fingerprint density at radius 3 is 2.36 bits per heavy atom. The van der Waals surface area contributed by atoms with Crippen LogP contribution in [0.15, 0.2) is 42.0 Å². The van der Waals surface area contributed by atoms with Gasteiger partial charge in [-0.1, -0.05) is 43.7 Å². The van der Waals surface area contributed by atoms with E-state index in [0.29, 0.717) is 16.8 Å². The third-order valence-corrected chi connectivity index (χ3v) is 6.20. The van der Waals surface area contributed by atoms with E-state index >= 15 is 0 Å². The lowest BCUT2D eigenvalue weighted by Gasteiger charge is -2.14. The van der Waals surface area contributed by atoms with Gasteiger partial charge in [0, 0.05) is 11.5 Å². The number of hydrogen-bond donors (Lipinski definition) is 1. The van der Waals surface area contributed by atoms with Crippen molar-refractivity contribution in [2.24, 2.45) is 10.8 Å². The molecule has 1 heterocycles. The molecule has 2 aromatic rings. The second-order valence-electron chi connectivity index (χ2n) is 7.38. The average molecular weight is 358 g/mol. The van der Waals surface area contributed by atoms with E-state index in [1.54, 1.807) is 6.92 Å². The molecule has 1 aliphatic rings. The van der Waals surface area contributed by atoms with Crippen molar-refractivity contribution in [2.75, 3.05) is 0 Å². The molecule has 1 fully saturated rings. The summed E-state index contributed by atoms with van der Waals surface area (Å²) in [5, 5.41) is 10.3. The summed E-state index contributed by atoms with van der Waals surface area (Å²) >= 11 is 1.15. The summed E-state index contributed by atoms with van der Waals surface area (Å²) in [6.07, 6.45) is 2.00. The first-order valence-electron chi connectivity index (χ1n) is 8.13. The van der Waals surface area contributed by atoms with E-state index in [4.69, 9.17) is 4.74 Å². The Hall–Kier alpha value is -2.21. The fourth-order valence-electron chi connectivity index (χ4n) is 3.89. The molecule has 0 unspecified atom stereocenters. The van der Waals surface area contributed by atoms with Gasteiger partial charge in [-0.25, -0.2) is 0 Å². The first kappa shape index (κ1) is 17.6. The number of aromatic nitrogens is 2. The minimum atomic E-state index is -0.970. The summed E-state index contributed by atoms with van der Waals surface area (Å²) in [6.45, 7) is 9.62. The van der Waals surface area contributed by atoms with Gasteiger partial charge in [-0.05, 0) is 38.3 Å². The number of hydrogen-bond acceptors (Lipinski definition) is 5. The van der Waals surface area contributed by atoms with Gasteiger partial charge in [0.2, 0.25) is 0 Å². The van der Waals surface area contributed by atoms with Crippen molar-refractivity contribution >= 4 is 17.5 Å². The molecule has 2 atom stereocenters. The Bertz CT molecular complexity index is 839. The smallest absolute Gasteiger partial charge is 0.311 e. The number of benzene rings is 1. The van der Waals surface area contributed by atoms with Crippen molar-refractivity contribution in [1.29, 1.82) is 0 Å². The summed E-state index contributed by atoms with van der Waals surface area (Å²) in [6, 6.07) is 9.36. The first-order chi connectivity index (χ1) is 11.7. The number of carboxylic acids is 1. The van der Waals surface area contributed by atoms with Crippen molar-refractivity contribution in [3.05, 3.63) is 47.8 Å². The van der Waals surface area contributed by atoms with Crippen LogP contribution in [-0.2, 0) is 10.2 Å². The molecule has 5 nitrogen and oxygen atoms in total. The molecule has 0 bridgehead atoms. The lowest BCUT2D eigenvalue weighted by atomic mass is 9.91. The van der Waals surface area contributed by atoms with Crippen molar-refractivity contribution in [3.63, 3.8) is 0 Å². The highest BCUT2D eigenvalue weighted by atomic mass is 32.1. The largest absolute Gasteiger partial charge is 0.481 e. The molecule has 0 aliphatic heterocycles. The van der Waals surface area contributed by atoms with Gasteiger partial charge < -0.3 is 9.84 Å². The lowest BCUT2D eigenvalue weighted by Crippen LogP contribution is -2.23. The number of carbonyl (C=O) groups is 1. The second kappa shape index (κ2) is 5.66. The van der Waals surface area contributed by atoms with Gasteiger partial charge in [-0.3, -0.25) is 4.79 Å². The van der Waals surface area contributed by atoms with Crippen molar-refractivity contribution in [2.45, 2.75) is 40.0 Å². The molecule has 1 aromatic carbocycles. The van der Waals surface area contributed by atoms with Gasteiger partial charge in [0.1, 0.15) is 5.75 Å². The summed E-state index contributed by atoms with van der Waals surface area (Å²) in [5.74, 6) is 0.354. The highest BCUT2D eigenvalue weighted by Gasteiger charge is 2.85. The second-order valence-corrected chi connectivity index (χ2v) is 8.10. The SMILES string of the molecule is CC(C)=C[C@@]1(c2nsc(Oc3ccccc3)n2)C(C)(C)[C@@]1(C)C(=O)O. The molecule has 1 aliphatic carbocycles. The molecule has 0 saturated heterocycles. The van der Waals surface area contributed by atoms with E-state index in [0.717, 1.165) is 17.1 Å². The minimum absolute atomic E-state index is 0.415. The van der Waals surface area contributed by atoms with E-state index in [9.17, 15) is 9.90 Å². The van der Waals surface area contributed by atoms with Gasteiger partial charge in [-0.2, -0.15) is 9.36 Å². The molecule has 1 aromatic heterocycles. The predicted octanol–water partition coefficient (Wildman–Crippen LogP) is 4.67. The Labute approximate surface area is 151 Å². The predicted molar refractivity (Wildman–Crippen MR) is 97.1 cm³/mol. The van der Waals surface area contributed by atoms with Crippen LogP contribution in [0.25, 0.3) is 0 Å². The highest BCUT2D eigenvalue weighted by Crippen LogP contribution is 2.78. The number of aliphatic carboxylic acids is 1. The Kier molecular flexibility index (Phi) is 3.99.